The molecule has 1 aromatic rings. The zero-order valence-corrected chi connectivity index (χ0v) is 11.4. The Morgan fingerprint density at radius 1 is 1.33 bits per heavy atom. The van der Waals surface area contributed by atoms with E-state index in [1.807, 2.05) is 37.3 Å². The Morgan fingerprint density at radius 2 is 2.00 bits per heavy atom. The quantitative estimate of drug-likeness (QED) is 0.709. The molecule has 1 atom stereocenters. The molecule has 5 heteroatoms. The van der Waals surface area contributed by atoms with Crippen molar-refractivity contribution < 1.29 is 9.90 Å². The summed E-state index contributed by atoms with van der Waals surface area (Å²) in [6.45, 7) is 2.38. The molecule has 4 nitrogen and oxygen atoms in total. The number of amides is 1. The highest BCUT2D eigenvalue weighted by molar-refractivity contribution is 5.85. The zero-order valence-electron chi connectivity index (χ0n) is 10.6. The summed E-state index contributed by atoms with van der Waals surface area (Å²) in [6, 6.07) is 9.72. The van der Waals surface area contributed by atoms with Gasteiger partial charge in [0, 0.05) is 18.3 Å². The largest absolute Gasteiger partial charge is 0.396 e. The average molecular weight is 273 g/mol. The maximum atomic E-state index is 11.6. The van der Waals surface area contributed by atoms with Crippen LogP contribution in [0.5, 0.6) is 0 Å². The van der Waals surface area contributed by atoms with Gasteiger partial charge in [-0.1, -0.05) is 18.2 Å². The second-order valence-corrected chi connectivity index (χ2v) is 4.05. The molecule has 0 heterocycles. The molecule has 0 bridgehead atoms. The monoisotopic (exact) mass is 272 g/mol. The van der Waals surface area contributed by atoms with Crippen LogP contribution in [-0.4, -0.2) is 30.2 Å². The zero-order chi connectivity index (χ0) is 12.5. The second kappa shape index (κ2) is 9.74. The number of hydrogen-bond acceptors (Lipinski definition) is 3. The first-order valence-corrected chi connectivity index (χ1v) is 5.91. The molecule has 1 unspecified atom stereocenters. The number of carbonyl (C=O) groups excluding carboxylic acids is 1. The summed E-state index contributed by atoms with van der Waals surface area (Å²) in [5.74, 6) is -0.0284. The van der Waals surface area contributed by atoms with Crippen molar-refractivity contribution in [2.24, 2.45) is 0 Å². The van der Waals surface area contributed by atoms with Gasteiger partial charge in [0.05, 0.1) is 6.54 Å². The smallest absolute Gasteiger partial charge is 0.239 e. The molecule has 0 aliphatic heterocycles. The highest BCUT2D eigenvalue weighted by Gasteiger charge is 2.06. The van der Waals surface area contributed by atoms with E-state index in [1.165, 1.54) is 0 Å². The number of rotatable bonds is 7. The molecule has 0 fully saturated rings. The number of carbonyl (C=O) groups is 1. The Bertz CT molecular complexity index is 333. The lowest BCUT2D eigenvalue weighted by atomic mass is 10.2. The van der Waals surface area contributed by atoms with E-state index in [2.05, 4.69) is 10.6 Å². The summed E-state index contributed by atoms with van der Waals surface area (Å²) < 4.78 is 0. The topological polar surface area (TPSA) is 61.4 Å². The van der Waals surface area contributed by atoms with Crippen LogP contribution in [-0.2, 0) is 4.79 Å². The third-order valence-electron chi connectivity index (χ3n) is 2.43. The van der Waals surface area contributed by atoms with E-state index >= 15 is 0 Å². The van der Waals surface area contributed by atoms with Gasteiger partial charge in [0.15, 0.2) is 0 Å². The van der Waals surface area contributed by atoms with Crippen molar-refractivity contribution in [3.63, 3.8) is 0 Å². The van der Waals surface area contributed by atoms with Crippen molar-refractivity contribution in [2.45, 2.75) is 25.8 Å². The van der Waals surface area contributed by atoms with Gasteiger partial charge in [0.25, 0.3) is 0 Å². The summed E-state index contributed by atoms with van der Waals surface area (Å²) >= 11 is 0. The van der Waals surface area contributed by atoms with Crippen LogP contribution < -0.4 is 10.6 Å². The summed E-state index contributed by atoms with van der Waals surface area (Å²) in [7, 11) is 0. The van der Waals surface area contributed by atoms with Gasteiger partial charge in [-0.3, -0.25) is 4.79 Å². The number of para-hydroxylation sites is 1. The lowest BCUT2D eigenvalue weighted by Gasteiger charge is -2.13. The maximum absolute atomic E-state index is 11.6. The Balaban J connectivity index is 0.00000289. The van der Waals surface area contributed by atoms with E-state index in [9.17, 15) is 4.79 Å². The summed E-state index contributed by atoms with van der Waals surface area (Å²) in [5.41, 5.74) is 0.936. The van der Waals surface area contributed by atoms with E-state index in [-0.39, 0.29) is 37.5 Å². The van der Waals surface area contributed by atoms with Crippen LogP contribution in [0.15, 0.2) is 30.3 Å². The Hall–Kier alpha value is -1.26. The van der Waals surface area contributed by atoms with E-state index in [0.717, 1.165) is 12.1 Å². The molecule has 0 aliphatic carbocycles. The molecule has 18 heavy (non-hydrogen) atoms. The van der Waals surface area contributed by atoms with Crippen molar-refractivity contribution in [2.75, 3.05) is 18.5 Å². The molecule has 0 aromatic heterocycles. The minimum Gasteiger partial charge on any atom is -0.396 e. The molecule has 3 N–H and O–H groups in total. The fraction of sp³-hybridized carbons (Fsp3) is 0.462. The maximum Gasteiger partial charge on any atom is 0.239 e. The van der Waals surface area contributed by atoms with Crippen LogP contribution in [0, 0.1) is 0 Å². The number of anilines is 1. The molecule has 1 aromatic carbocycles. The third kappa shape index (κ3) is 7.14. The molecular formula is C13H21ClN2O2. The standard InChI is InChI=1S/C13H20N2O2.ClH/c1-11(6-5-9-16)15-13(17)10-14-12-7-3-2-4-8-12;/h2-4,7-8,11,14,16H,5-6,9-10H2,1H3,(H,15,17);1H. The molecule has 102 valence electrons. The predicted octanol–water partition coefficient (Wildman–Crippen LogP) is 1.80. The summed E-state index contributed by atoms with van der Waals surface area (Å²) in [5, 5.41) is 14.6. The van der Waals surface area contributed by atoms with Gasteiger partial charge >= 0.3 is 0 Å². The Kier molecular flexibility index (Phi) is 9.06. The fourth-order valence-electron chi connectivity index (χ4n) is 1.53. The van der Waals surface area contributed by atoms with E-state index in [1.54, 1.807) is 0 Å². The van der Waals surface area contributed by atoms with Gasteiger partial charge < -0.3 is 15.7 Å². The van der Waals surface area contributed by atoms with Gasteiger partial charge in [-0.25, -0.2) is 0 Å². The van der Waals surface area contributed by atoms with Crippen LogP contribution in [0.3, 0.4) is 0 Å². The molecule has 0 saturated carbocycles. The van der Waals surface area contributed by atoms with Gasteiger partial charge in [-0.15, -0.1) is 12.4 Å². The number of halogens is 1. The van der Waals surface area contributed by atoms with E-state index < -0.39 is 0 Å². The highest BCUT2D eigenvalue weighted by atomic mass is 35.5. The van der Waals surface area contributed by atoms with E-state index in [0.29, 0.717) is 6.42 Å². The molecule has 0 spiro atoms. The Labute approximate surface area is 114 Å². The third-order valence-corrected chi connectivity index (χ3v) is 2.43. The number of aliphatic hydroxyl groups is 1. The summed E-state index contributed by atoms with van der Waals surface area (Å²) in [6.07, 6.45) is 1.52. The first kappa shape index (κ1) is 16.7. The number of benzene rings is 1. The molecule has 0 saturated heterocycles. The molecular weight excluding hydrogens is 252 g/mol. The van der Waals surface area contributed by atoms with Crippen molar-refractivity contribution in [1.82, 2.24) is 5.32 Å². The molecule has 0 radical (unpaired) electrons. The van der Waals surface area contributed by atoms with Crippen molar-refractivity contribution in [1.29, 1.82) is 0 Å². The van der Waals surface area contributed by atoms with Gasteiger partial charge in [-0.05, 0) is 31.9 Å². The van der Waals surface area contributed by atoms with Crippen molar-refractivity contribution in [3.05, 3.63) is 30.3 Å². The minimum atomic E-state index is -0.0284. The van der Waals surface area contributed by atoms with Crippen LogP contribution >= 0.6 is 12.4 Å². The van der Waals surface area contributed by atoms with Crippen LogP contribution in [0.2, 0.25) is 0 Å². The van der Waals surface area contributed by atoms with Crippen molar-refractivity contribution in [3.8, 4) is 0 Å². The molecule has 0 aliphatic rings. The Morgan fingerprint density at radius 3 is 2.61 bits per heavy atom. The predicted molar refractivity (Wildman–Crippen MR) is 76.1 cm³/mol. The van der Waals surface area contributed by atoms with Crippen LogP contribution in [0.1, 0.15) is 19.8 Å². The minimum absolute atomic E-state index is 0. The van der Waals surface area contributed by atoms with E-state index in [4.69, 9.17) is 5.11 Å². The van der Waals surface area contributed by atoms with Crippen molar-refractivity contribution >= 4 is 24.0 Å². The number of nitrogens with one attached hydrogen (secondary N) is 2. The number of aliphatic hydroxyl groups excluding tert-OH is 1. The lowest BCUT2D eigenvalue weighted by Crippen LogP contribution is -2.36. The lowest BCUT2D eigenvalue weighted by molar-refractivity contribution is -0.120. The molecule has 1 rings (SSSR count). The molecule has 1 amide bonds. The van der Waals surface area contributed by atoms with Crippen LogP contribution in [0.25, 0.3) is 0 Å². The first-order chi connectivity index (χ1) is 8.22. The van der Waals surface area contributed by atoms with Gasteiger partial charge in [0.1, 0.15) is 0 Å². The fourth-order valence-corrected chi connectivity index (χ4v) is 1.53. The highest BCUT2D eigenvalue weighted by Crippen LogP contribution is 2.03. The van der Waals surface area contributed by atoms with Gasteiger partial charge in [-0.2, -0.15) is 0 Å². The SMILES string of the molecule is CC(CCCO)NC(=O)CNc1ccccc1.Cl. The normalized spacial score (nSPS) is 11.2. The van der Waals surface area contributed by atoms with Gasteiger partial charge in [0.2, 0.25) is 5.91 Å². The number of hydrogen-bond donors (Lipinski definition) is 3. The second-order valence-electron chi connectivity index (χ2n) is 4.05. The van der Waals surface area contributed by atoms with Crippen LogP contribution in [0.4, 0.5) is 5.69 Å². The first-order valence-electron chi connectivity index (χ1n) is 5.91. The average Bonchev–Trinajstić information content (AvgIpc) is 2.35. The summed E-state index contributed by atoms with van der Waals surface area (Å²) in [4.78, 5) is 11.6.